The minimum absolute atomic E-state index is 0.00902. The van der Waals surface area contributed by atoms with Crippen molar-refractivity contribution in [3.8, 4) is 0 Å². The Hall–Kier alpha value is -2.29. The maximum Gasteiger partial charge on any atom is 0.498 e. The molecule has 0 unspecified atom stereocenters. The predicted molar refractivity (Wildman–Crippen MR) is 86.6 cm³/mol. The fraction of sp³-hybridized carbons (Fsp3) is 0.357. The number of carbonyl (C=O) groups is 1. The Morgan fingerprint density at radius 3 is 1.93 bits per heavy atom. The molecule has 0 saturated heterocycles. The van der Waals surface area contributed by atoms with Gasteiger partial charge in [0.05, 0.1) is 5.52 Å². The van der Waals surface area contributed by atoms with Crippen LogP contribution in [0, 0.1) is 0 Å². The van der Waals surface area contributed by atoms with E-state index in [4.69, 9.17) is 4.84 Å². The molecule has 0 saturated carbocycles. The molecule has 0 aliphatic heterocycles. The van der Waals surface area contributed by atoms with Gasteiger partial charge in [0.1, 0.15) is 0 Å². The van der Waals surface area contributed by atoms with Gasteiger partial charge in [-0.2, -0.15) is 31.1 Å². The smallest absolute Gasteiger partial charge is 0.337 e. The van der Waals surface area contributed by atoms with Crippen molar-refractivity contribution in [3.05, 3.63) is 36.0 Å². The number of hydrogen-bond donors (Lipinski definition) is 0. The number of nitrogens with zero attached hydrogens (tertiary/aromatic N) is 1. The first-order valence-electron chi connectivity index (χ1n) is 7.38. The molecule has 0 atom stereocenters. The summed E-state index contributed by atoms with van der Waals surface area (Å²) in [5.41, 5.74) is -13.0. The number of alkyl halides is 6. The average molecular weight is 467 g/mol. The largest absolute Gasteiger partial charge is 0.498 e. The van der Waals surface area contributed by atoms with Gasteiger partial charge in [-0.05, 0) is 11.6 Å². The number of halogens is 6. The summed E-state index contributed by atoms with van der Waals surface area (Å²) in [6.07, 6.45) is -0.935. The molecule has 2 rings (SSSR count). The number of rotatable bonds is 5. The van der Waals surface area contributed by atoms with E-state index in [1.54, 1.807) is 0 Å². The molecule has 0 amide bonds. The molecule has 0 aliphatic rings. The Labute approximate surface area is 159 Å². The van der Waals surface area contributed by atoms with Gasteiger partial charge in [-0.15, -0.1) is 0 Å². The van der Waals surface area contributed by atoms with E-state index in [-0.39, 0.29) is 10.9 Å². The molecule has 0 N–H and O–H groups in total. The van der Waals surface area contributed by atoms with Crippen LogP contribution in [0.15, 0.2) is 30.5 Å². The van der Waals surface area contributed by atoms with Crippen molar-refractivity contribution < 1.29 is 52.8 Å². The highest BCUT2D eigenvalue weighted by molar-refractivity contribution is 8.09. The number of sulfone groups is 2. The first-order chi connectivity index (χ1) is 13.0. The van der Waals surface area contributed by atoms with Gasteiger partial charge in [0, 0.05) is 24.9 Å². The second-order valence-corrected chi connectivity index (χ2v) is 10.2. The SMILES string of the molecule is CC(=O)On1cc(CC(S(=O)(=O)C(F)(F)F)S(=O)(=O)C(F)(F)F)c2ccccc21. The van der Waals surface area contributed by atoms with Gasteiger partial charge in [-0.1, -0.05) is 18.2 Å². The van der Waals surface area contributed by atoms with E-state index < -0.39 is 53.2 Å². The topological polar surface area (TPSA) is 99.5 Å². The fourth-order valence-corrected chi connectivity index (χ4v) is 5.84. The highest BCUT2D eigenvalue weighted by Gasteiger charge is 2.62. The second-order valence-electron chi connectivity index (χ2n) is 5.70. The van der Waals surface area contributed by atoms with E-state index in [1.165, 1.54) is 24.3 Å². The Morgan fingerprint density at radius 2 is 1.48 bits per heavy atom. The lowest BCUT2D eigenvalue weighted by atomic mass is 10.1. The van der Waals surface area contributed by atoms with Crippen LogP contribution in [0.4, 0.5) is 26.3 Å². The highest BCUT2D eigenvalue weighted by Crippen LogP contribution is 2.38. The molecule has 0 bridgehead atoms. The molecule has 2 aromatic rings. The van der Waals surface area contributed by atoms with Gasteiger partial charge in [-0.25, -0.2) is 21.6 Å². The summed E-state index contributed by atoms with van der Waals surface area (Å²) < 4.78 is 121. The minimum Gasteiger partial charge on any atom is -0.337 e. The van der Waals surface area contributed by atoms with Gasteiger partial charge >= 0.3 is 17.0 Å². The lowest BCUT2D eigenvalue weighted by Gasteiger charge is -2.20. The summed E-state index contributed by atoms with van der Waals surface area (Å²) >= 11 is 0. The van der Waals surface area contributed by atoms with E-state index in [0.717, 1.165) is 13.1 Å². The number of para-hydroxylation sites is 1. The molecule has 1 aromatic heterocycles. The number of hydrogen-bond acceptors (Lipinski definition) is 6. The third-order valence-electron chi connectivity index (χ3n) is 3.71. The van der Waals surface area contributed by atoms with Crippen LogP contribution in [0.1, 0.15) is 12.5 Å². The molecular weight excluding hydrogens is 456 g/mol. The molecule has 7 nitrogen and oxygen atoms in total. The zero-order valence-corrected chi connectivity index (χ0v) is 15.8. The van der Waals surface area contributed by atoms with E-state index in [1.807, 2.05) is 0 Å². The van der Waals surface area contributed by atoms with Gasteiger partial charge in [0.15, 0.2) is 4.58 Å². The van der Waals surface area contributed by atoms with Crippen LogP contribution in [-0.4, -0.2) is 43.1 Å². The Balaban J connectivity index is 2.72. The van der Waals surface area contributed by atoms with Crippen LogP contribution in [0.25, 0.3) is 10.9 Å². The first-order valence-corrected chi connectivity index (χ1v) is 10.5. The van der Waals surface area contributed by atoms with E-state index >= 15 is 0 Å². The van der Waals surface area contributed by atoms with Crippen LogP contribution in [-0.2, 0) is 30.9 Å². The van der Waals surface area contributed by atoms with E-state index in [0.29, 0.717) is 4.73 Å². The number of benzene rings is 1. The quantitative estimate of drug-likeness (QED) is 0.626. The maximum atomic E-state index is 12.9. The predicted octanol–water partition coefficient (Wildman–Crippen LogP) is 2.35. The van der Waals surface area contributed by atoms with Crippen molar-refractivity contribution >= 4 is 36.5 Å². The summed E-state index contributed by atoms with van der Waals surface area (Å²) in [5, 5.41) is -0.103. The zero-order valence-electron chi connectivity index (χ0n) is 14.2. The van der Waals surface area contributed by atoms with Crippen molar-refractivity contribution in [1.29, 1.82) is 0 Å². The summed E-state index contributed by atoms with van der Waals surface area (Å²) in [6, 6.07) is 5.16. The Morgan fingerprint density at radius 1 is 1.00 bits per heavy atom. The molecule has 15 heteroatoms. The third-order valence-corrected chi connectivity index (χ3v) is 8.24. The van der Waals surface area contributed by atoms with Crippen molar-refractivity contribution in [1.82, 2.24) is 4.73 Å². The molecular formula is C14H11F6NO6S2. The lowest BCUT2D eigenvalue weighted by Crippen LogP contribution is -2.46. The maximum absolute atomic E-state index is 12.9. The zero-order chi connectivity index (χ0) is 22.4. The molecule has 0 spiro atoms. The van der Waals surface area contributed by atoms with E-state index in [2.05, 4.69) is 0 Å². The molecule has 1 aromatic carbocycles. The fourth-order valence-electron chi connectivity index (χ4n) is 2.46. The normalized spacial score (nSPS) is 13.8. The first kappa shape index (κ1) is 23.0. The van der Waals surface area contributed by atoms with Crippen LogP contribution >= 0.6 is 0 Å². The van der Waals surface area contributed by atoms with E-state index in [9.17, 15) is 48.0 Å². The van der Waals surface area contributed by atoms with Crippen LogP contribution in [0.2, 0.25) is 0 Å². The van der Waals surface area contributed by atoms with Crippen molar-refractivity contribution in [2.45, 2.75) is 28.9 Å². The molecule has 162 valence electrons. The van der Waals surface area contributed by atoms with Crippen LogP contribution in [0.3, 0.4) is 0 Å². The van der Waals surface area contributed by atoms with Gasteiger partial charge in [0.2, 0.25) is 0 Å². The number of carbonyl (C=O) groups excluding carboxylic acids is 1. The molecule has 0 fully saturated rings. The Kier molecular flexibility index (Phi) is 5.70. The monoisotopic (exact) mass is 467 g/mol. The van der Waals surface area contributed by atoms with Crippen LogP contribution in [0.5, 0.6) is 0 Å². The summed E-state index contributed by atoms with van der Waals surface area (Å²) in [4.78, 5) is 15.9. The molecule has 0 aliphatic carbocycles. The van der Waals surface area contributed by atoms with Gasteiger partial charge < -0.3 is 4.84 Å². The van der Waals surface area contributed by atoms with Gasteiger partial charge in [-0.3, -0.25) is 0 Å². The minimum atomic E-state index is -6.78. The van der Waals surface area contributed by atoms with Crippen molar-refractivity contribution in [3.63, 3.8) is 0 Å². The highest BCUT2D eigenvalue weighted by atomic mass is 32.3. The summed E-state index contributed by atoms with van der Waals surface area (Å²) in [5.74, 6) is -0.903. The van der Waals surface area contributed by atoms with Crippen molar-refractivity contribution in [2.24, 2.45) is 0 Å². The molecule has 0 radical (unpaired) electrons. The Bertz CT molecular complexity index is 1100. The average Bonchev–Trinajstić information content (AvgIpc) is 2.87. The lowest BCUT2D eigenvalue weighted by molar-refractivity contribution is -0.140. The summed E-state index contributed by atoms with van der Waals surface area (Å²) in [6.45, 7) is 0.958. The van der Waals surface area contributed by atoms with Crippen molar-refractivity contribution in [2.75, 3.05) is 0 Å². The number of fused-ring (bicyclic) bond motifs is 1. The molecule has 29 heavy (non-hydrogen) atoms. The summed E-state index contributed by atoms with van der Waals surface area (Å²) in [7, 11) is -13.6. The standard InChI is InChI=1S/C14H11F6NO6S2/c1-8(22)27-21-7-9(10-4-2-3-5-11(10)21)6-12(28(23,24)13(15,16)17)29(25,26)14(18,19)20/h2-5,7,12H,6H2,1H3. The second kappa shape index (κ2) is 7.19. The number of aromatic nitrogens is 1. The van der Waals surface area contributed by atoms with Gasteiger partial charge in [0.25, 0.3) is 19.7 Å². The third kappa shape index (κ3) is 4.19. The van der Waals surface area contributed by atoms with Crippen LogP contribution < -0.4 is 4.84 Å². The molecule has 1 heterocycles.